The fourth-order valence-corrected chi connectivity index (χ4v) is 2.43. The molecule has 0 saturated carbocycles. The van der Waals surface area contributed by atoms with Gasteiger partial charge in [0.15, 0.2) is 11.5 Å². The quantitative estimate of drug-likeness (QED) is 0.852. The van der Waals surface area contributed by atoms with E-state index in [4.69, 9.17) is 9.47 Å². The number of rotatable bonds is 4. The van der Waals surface area contributed by atoms with Crippen molar-refractivity contribution in [3.8, 4) is 11.5 Å². The van der Waals surface area contributed by atoms with Gasteiger partial charge in [-0.2, -0.15) is 0 Å². The Morgan fingerprint density at radius 3 is 2.55 bits per heavy atom. The Kier molecular flexibility index (Phi) is 4.82. The molecule has 1 saturated heterocycles. The predicted molar refractivity (Wildman–Crippen MR) is 73.4 cm³/mol. The van der Waals surface area contributed by atoms with Crippen LogP contribution in [0.3, 0.4) is 0 Å². The largest absolute Gasteiger partial charge is 0.493 e. The lowest BCUT2D eigenvalue weighted by molar-refractivity contribution is -0.131. The SMILES string of the molecule is COc1cc(F)c(CN2CCCCCC2=O)cc1OC. The molecule has 0 atom stereocenters. The van der Waals surface area contributed by atoms with Gasteiger partial charge < -0.3 is 14.4 Å². The lowest BCUT2D eigenvalue weighted by Crippen LogP contribution is -2.30. The first kappa shape index (κ1) is 14.6. The summed E-state index contributed by atoms with van der Waals surface area (Å²) in [6.45, 7) is 0.970. The second-order valence-electron chi connectivity index (χ2n) is 4.92. The maximum Gasteiger partial charge on any atom is 0.222 e. The summed E-state index contributed by atoms with van der Waals surface area (Å²) in [7, 11) is 2.98. The highest BCUT2D eigenvalue weighted by Crippen LogP contribution is 2.30. The lowest BCUT2D eigenvalue weighted by Gasteiger charge is -2.21. The van der Waals surface area contributed by atoms with Crippen LogP contribution in [0, 0.1) is 5.82 Å². The molecule has 1 aromatic carbocycles. The van der Waals surface area contributed by atoms with Crippen LogP contribution in [0.25, 0.3) is 0 Å². The highest BCUT2D eigenvalue weighted by atomic mass is 19.1. The monoisotopic (exact) mass is 281 g/mol. The zero-order valence-electron chi connectivity index (χ0n) is 11.9. The number of likely N-dealkylation sites (tertiary alicyclic amines) is 1. The van der Waals surface area contributed by atoms with Crippen molar-refractivity contribution in [3.63, 3.8) is 0 Å². The van der Waals surface area contributed by atoms with Gasteiger partial charge in [-0.1, -0.05) is 6.42 Å². The second kappa shape index (κ2) is 6.59. The van der Waals surface area contributed by atoms with Gasteiger partial charge in [-0.3, -0.25) is 4.79 Å². The van der Waals surface area contributed by atoms with E-state index in [0.29, 0.717) is 30.0 Å². The molecule has 1 amide bonds. The zero-order chi connectivity index (χ0) is 14.5. The second-order valence-corrected chi connectivity index (χ2v) is 4.92. The van der Waals surface area contributed by atoms with Crippen LogP contribution in [0.2, 0.25) is 0 Å². The van der Waals surface area contributed by atoms with Crippen LogP contribution < -0.4 is 9.47 Å². The Morgan fingerprint density at radius 1 is 1.15 bits per heavy atom. The van der Waals surface area contributed by atoms with Crippen molar-refractivity contribution >= 4 is 5.91 Å². The zero-order valence-corrected chi connectivity index (χ0v) is 11.9. The normalized spacial score (nSPS) is 15.9. The van der Waals surface area contributed by atoms with Gasteiger partial charge in [0.05, 0.1) is 14.2 Å². The van der Waals surface area contributed by atoms with Gasteiger partial charge in [-0.25, -0.2) is 4.39 Å². The van der Waals surface area contributed by atoms with Gasteiger partial charge >= 0.3 is 0 Å². The highest BCUT2D eigenvalue weighted by molar-refractivity contribution is 5.76. The molecule has 110 valence electrons. The van der Waals surface area contributed by atoms with E-state index in [-0.39, 0.29) is 18.3 Å². The van der Waals surface area contributed by atoms with Crippen LogP contribution in [0.4, 0.5) is 4.39 Å². The van der Waals surface area contributed by atoms with Gasteiger partial charge in [0.2, 0.25) is 5.91 Å². The minimum Gasteiger partial charge on any atom is -0.493 e. The van der Waals surface area contributed by atoms with Crippen LogP contribution in [-0.4, -0.2) is 31.6 Å². The number of carbonyl (C=O) groups excluding carboxylic acids is 1. The summed E-state index contributed by atoms with van der Waals surface area (Å²) in [6, 6.07) is 2.91. The molecule has 1 aliphatic rings. The van der Waals surface area contributed by atoms with Crippen molar-refractivity contribution in [1.82, 2.24) is 4.90 Å². The lowest BCUT2D eigenvalue weighted by atomic mass is 10.1. The van der Waals surface area contributed by atoms with E-state index in [1.807, 2.05) is 0 Å². The summed E-state index contributed by atoms with van der Waals surface area (Å²) in [5.41, 5.74) is 0.456. The molecule has 1 heterocycles. The molecule has 0 aliphatic carbocycles. The maximum atomic E-state index is 14.1. The number of halogens is 1. The van der Waals surface area contributed by atoms with Gasteiger partial charge in [0.25, 0.3) is 0 Å². The van der Waals surface area contributed by atoms with Gasteiger partial charge in [0, 0.05) is 31.1 Å². The van der Waals surface area contributed by atoms with Crippen molar-refractivity contribution in [2.24, 2.45) is 0 Å². The fourth-order valence-electron chi connectivity index (χ4n) is 2.43. The summed E-state index contributed by atoms with van der Waals surface area (Å²) in [5, 5.41) is 0. The molecule has 0 spiro atoms. The molecule has 1 aromatic rings. The first-order valence-corrected chi connectivity index (χ1v) is 6.84. The number of hydrogen-bond acceptors (Lipinski definition) is 3. The highest BCUT2D eigenvalue weighted by Gasteiger charge is 2.19. The molecule has 1 aliphatic heterocycles. The van der Waals surface area contributed by atoms with E-state index >= 15 is 0 Å². The standard InChI is InChI=1S/C15H20FNO3/c1-19-13-8-11(12(16)9-14(13)20-2)10-17-7-5-3-4-6-15(17)18/h8-9H,3-7,10H2,1-2H3. The third-order valence-corrected chi connectivity index (χ3v) is 3.59. The molecule has 5 heteroatoms. The smallest absolute Gasteiger partial charge is 0.222 e. The first-order chi connectivity index (χ1) is 9.65. The first-order valence-electron chi connectivity index (χ1n) is 6.84. The van der Waals surface area contributed by atoms with Crippen LogP contribution in [0.15, 0.2) is 12.1 Å². The van der Waals surface area contributed by atoms with Crippen molar-refractivity contribution in [2.75, 3.05) is 20.8 Å². The summed E-state index contributed by atoms with van der Waals surface area (Å²) in [5.74, 6) is 0.554. The molecule has 0 bridgehead atoms. The van der Waals surface area contributed by atoms with Crippen molar-refractivity contribution in [1.29, 1.82) is 0 Å². The minimum atomic E-state index is -0.375. The van der Waals surface area contributed by atoms with Crippen molar-refractivity contribution < 1.29 is 18.7 Å². The summed E-state index contributed by atoms with van der Waals surface area (Å²) < 4.78 is 24.3. The van der Waals surface area contributed by atoms with E-state index < -0.39 is 0 Å². The summed E-state index contributed by atoms with van der Waals surface area (Å²) >= 11 is 0. The number of hydrogen-bond donors (Lipinski definition) is 0. The fraction of sp³-hybridized carbons (Fsp3) is 0.533. The Hall–Kier alpha value is -1.78. The topological polar surface area (TPSA) is 38.8 Å². The van der Waals surface area contributed by atoms with Crippen LogP contribution in [0.5, 0.6) is 11.5 Å². The number of amides is 1. The average molecular weight is 281 g/mol. The molecule has 0 aromatic heterocycles. The van der Waals surface area contributed by atoms with Crippen LogP contribution >= 0.6 is 0 Å². The van der Waals surface area contributed by atoms with Gasteiger partial charge in [-0.15, -0.1) is 0 Å². The van der Waals surface area contributed by atoms with Gasteiger partial charge in [0.1, 0.15) is 5.82 Å². The number of benzene rings is 1. The van der Waals surface area contributed by atoms with Crippen LogP contribution in [-0.2, 0) is 11.3 Å². The Morgan fingerprint density at radius 2 is 1.85 bits per heavy atom. The van der Waals surface area contributed by atoms with E-state index in [9.17, 15) is 9.18 Å². The molecule has 0 N–H and O–H groups in total. The Labute approximate surface area is 118 Å². The van der Waals surface area contributed by atoms with Gasteiger partial charge in [-0.05, 0) is 18.9 Å². The molecule has 0 unspecified atom stereocenters. The molecule has 2 rings (SSSR count). The molecule has 4 nitrogen and oxygen atoms in total. The molecule has 1 fully saturated rings. The summed E-state index contributed by atoms with van der Waals surface area (Å²) in [6.07, 6.45) is 3.50. The predicted octanol–water partition coefficient (Wildman–Crippen LogP) is 2.75. The van der Waals surface area contributed by atoms with E-state index in [0.717, 1.165) is 19.3 Å². The van der Waals surface area contributed by atoms with E-state index in [2.05, 4.69) is 0 Å². The van der Waals surface area contributed by atoms with E-state index in [1.165, 1.54) is 20.3 Å². The molecular weight excluding hydrogens is 261 g/mol. The third-order valence-electron chi connectivity index (χ3n) is 3.59. The number of ether oxygens (including phenoxy) is 2. The molecule has 0 radical (unpaired) electrons. The maximum absolute atomic E-state index is 14.1. The third kappa shape index (κ3) is 3.21. The van der Waals surface area contributed by atoms with E-state index in [1.54, 1.807) is 11.0 Å². The Balaban J connectivity index is 2.21. The summed E-state index contributed by atoms with van der Waals surface area (Å²) in [4.78, 5) is 13.7. The molecular formula is C15H20FNO3. The van der Waals surface area contributed by atoms with Crippen LogP contribution in [0.1, 0.15) is 31.2 Å². The number of carbonyl (C=O) groups is 1. The number of methoxy groups -OCH3 is 2. The molecule has 20 heavy (non-hydrogen) atoms. The van der Waals surface area contributed by atoms with Crippen molar-refractivity contribution in [2.45, 2.75) is 32.2 Å². The Bertz CT molecular complexity index is 490. The minimum absolute atomic E-state index is 0.0942. The average Bonchev–Trinajstić information content (AvgIpc) is 2.65. The number of nitrogens with zero attached hydrogens (tertiary/aromatic N) is 1. The van der Waals surface area contributed by atoms with Crippen molar-refractivity contribution in [3.05, 3.63) is 23.5 Å².